The number of carbonyl (C=O) groups excluding carboxylic acids is 2. The number of methoxy groups -OCH3 is 1. The van der Waals surface area contributed by atoms with Gasteiger partial charge in [-0.1, -0.05) is 52.4 Å². The number of esters is 1. The highest BCUT2D eigenvalue weighted by atomic mass is 16.5. The summed E-state index contributed by atoms with van der Waals surface area (Å²) in [5, 5.41) is 0. The van der Waals surface area contributed by atoms with Crippen LogP contribution in [0.4, 0.5) is 0 Å². The molecule has 0 saturated carbocycles. The van der Waals surface area contributed by atoms with E-state index < -0.39 is 5.97 Å². The molecular weight excluding hydrogens is 364 g/mol. The van der Waals surface area contributed by atoms with Crippen LogP contribution in [0.2, 0.25) is 0 Å². The van der Waals surface area contributed by atoms with Crippen LogP contribution in [-0.2, 0) is 0 Å². The third-order valence-corrected chi connectivity index (χ3v) is 5.23. The Hall–Kier alpha value is -2.62. The van der Waals surface area contributed by atoms with Gasteiger partial charge in [0.1, 0.15) is 11.5 Å². The quantitative estimate of drug-likeness (QED) is 0.178. The zero-order chi connectivity index (χ0) is 21.1. The lowest BCUT2D eigenvalue weighted by atomic mass is 9.91. The van der Waals surface area contributed by atoms with Crippen molar-refractivity contribution in [2.24, 2.45) is 5.92 Å². The molecular formula is C25H32O4. The average molecular weight is 397 g/mol. The van der Waals surface area contributed by atoms with Gasteiger partial charge in [-0.15, -0.1) is 0 Å². The Morgan fingerprint density at radius 1 is 0.828 bits per heavy atom. The maximum atomic E-state index is 12.6. The van der Waals surface area contributed by atoms with Crippen molar-refractivity contribution in [1.82, 2.24) is 0 Å². The first-order chi connectivity index (χ1) is 14.1. The average Bonchev–Trinajstić information content (AvgIpc) is 2.76. The summed E-state index contributed by atoms with van der Waals surface area (Å²) in [6.45, 7) is 4.36. The fraction of sp³-hybridized carbons (Fsp3) is 0.440. The van der Waals surface area contributed by atoms with Crippen molar-refractivity contribution < 1.29 is 19.1 Å². The molecule has 0 unspecified atom stereocenters. The highest BCUT2D eigenvalue weighted by Crippen LogP contribution is 2.22. The predicted molar refractivity (Wildman–Crippen MR) is 116 cm³/mol. The van der Waals surface area contributed by atoms with E-state index in [1.165, 1.54) is 25.7 Å². The van der Waals surface area contributed by atoms with Gasteiger partial charge in [0.15, 0.2) is 5.78 Å². The molecule has 0 bridgehead atoms. The van der Waals surface area contributed by atoms with Gasteiger partial charge in [-0.05, 0) is 54.4 Å². The Morgan fingerprint density at radius 2 is 1.45 bits per heavy atom. The van der Waals surface area contributed by atoms with E-state index >= 15 is 0 Å². The summed E-state index contributed by atoms with van der Waals surface area (Å²) in [5.41, 5.74) is 1.11. The number of hydrogen-bond donors (Lipinski definition) is 0. The first-order valence-corrected chi connectivity index (χ1v) is 10.6. The minimum atomic E-state index is -0.440. The van der Waals surface area contributed by atoms with Gasteiger partial charge in [-0.2, -0.15) is 0 Å². The van der Waals surface area contributed by atoms with E-state index in [-0.39, 0.29) is 5.78 Å². The van der Waals surface area contributed by atoms with Crippen LogP contribution in [-0.4, -0.2) is 18.9 Å². The number of carbonyl (C=O) groups is 2. The number of rotatable bonds is 12. The normalized spacial score (nSPS) is 11.7. The molecule has 2 aromatic rings. The Kier molecular flexibility index (Phi) is 9.42. The summed E-state index contributed by atoms with van der Waals surface area (Å²) >= 11 is 0. The van der Waals surface area contributed by atoms with Crippen molar-refractivity contribution >= 4 is 11.8 Å². The summed E-state index contributed by atoms with van der Waals surface area (Å²) in [5.74, 6) is 1.26. The standard InChI is InChI=1S/C25H32O4/c1-4-6-7-8-9-19(5-2)18-24(26)20-10-16-23(17-11-20)29-25(27)21-12-14-22(28-3)15-13-21/h10-17,19H,4-9,18H2,1-3H3/t19-/m1/s1. The Balaban J connectivity index is 1.89. The van der Waals surface area contributed by atoms with Crippen LogP contribution in [0.1, 0.15) is 79.5 Å². The lowest BCUT2D eigenvalue weighted by molar-refractivity contribution is 0.0734. The van der Waals surface area contributed by atoms with Gasteiger partial charge in [0.05, 0.1) is 12.7 Å². The summed E-state index contributed by atoms with van der Waals surface area (Å²) in [7, 11) is 1.57. The fourth-order valence-electron chi connectivity index (χ4n) is 3.29. The predicted octanol–water partition coefficient (Wildman–Crippen LogP) is 6.48. The van der Waals surface area contributed by atoms with Crippen LogP contribution in [0.5, 0.6) is 11.5 Å². The second kappa shape index (κ2) is 12.1. The van der Waals surface area contributed by atoms with E-state index in [2.05, 4.69) is 13.8 Å². The minimum absolute atomic E-state index is 0.153. The number of ketones is 1. The monoisotopic (exact) mass is 396 g/mol. The van der Waals surface area contributed by atoms with Gasteiger partial charge in [0, 0.05) is 12.0 Å². The number of ether oxygens (including phenoxy) is 2. The molecule has 2 rings (SSSR count). The molecule has 0 aromatic heterocycles. The second-order valence-electron chi connectivity index (χ2n) is 7.39. The molecule has 4 nitrogen and oxygen atoms in total. The lowest BCUT2D eigenvalue weighted by Gasteiger charge is -2.14. The molecule has 4 heteroatoms. The highest BCUT2D eigenvalue weighted by molar-refractivity contribution is 5.96. The molecule has 29 heavy (non-hydrogen) atoms. The van der Waals surface area contributed by atoms with Crippen molar-refractivity contribution in [1.29, 1.82) is 0 Å². The van der Waals surface area contributed by atoms with Crippen molar-refractivity contribution in [3.63, 3.8) is 0 Å². The SMILES string of the molecule is CCCCCC[C@@H](CC)CC(=O)c1ccc(OC(=O)c2ccc(OC)cc2)cc1. The van der Waals surface area contributed by atoms with E-state index in [9.17, 15) is 9.59 Å². The molecule has 0 aliphatic rings. The Labute approximate surface area is 174 Å². The second-order valence-corrected chi connectivity index (χ2v) is 7.39. The van der Waals surface area contributed by atoms with Crippen LogP contribution in [0.15, 0.2) is 48.5 Å². The molecule has 0 spiro atoms. The fourth-order valence-corrected chi connectivity index (χ4v) is 3.29. The lowest BCUT2D eigenvalue weighted by Crippen LogP contribution is -2.10. The van der Waals surface area contributed by atoms with Gasteiger partial charge >= 0.3 is 5.97 Å². The molecule has 0 amide bonds. The van der Waals surface area contributed by atoms with Crippen molar-refractivity contribution in [2.45, 2.75) is 58.8 Å². The van der Waals surface area contributed by atoms with Crippen LogP contribution >= 0.6 is 0 Å². The van der Waals surface area contributed by atoms with Gasteiger partial charge < -0.3 is 9.47 Å². The third-order valence-electron chi connectivity index (χ3n) is 5.23. The van der Waals surface area contributed by atoms with Crippen molar-refractivity contribution in [3.8, 4) is 11.5 Å². The topological polar surface area (TPSA) is 52.6 Å². The molecule has 0 radical (unpaired) electrons. The summed E-state index contributed by atoms with van der Waals surface area (Å²) in [6, 6.07) is 13.6. The van der Waals surface area contributed by atoms with E-state index in [1.807, 2.05) is 0 Å². The van der Waals surface area contributed by atoms with Gasteiger partial charge in [-0.3, -0.25) is 4.79 Å². The summed E-state index contributed by atoms with van der Waals surface area (Å²) in [6.07, 6.45) is 7.64. The zero-order valence-corrected chi connectivity index (χ0v) is 17.8. The summed E-state index contributed by atoms with van der Waals surface area (Å²) < 4.78 is 10.5. The van der Waals surface area contributed by atoms with E-state index in [0.29, 0.717) is 35.0 Å². The number of hydrogen-bond acceptors (Lipinski definition) is 4. The zero-order valence-electron chi connectivity index (χ0n) is 17.8. The first-order valence-electron chi connectivity index (χ1n) is 10.6. The molecule has 0 heterocycles. The smallest absolute Gasteiger partial charge is 0.343 e. The van der Waals surface area contributed by atoms with Crippen LogP contribution < -0.4 is 9.47 Å². The molecule has 0 saturated heterocycles. The van der Waals surface area contributed by atoms with E-state index in [0.717, 1.165) is 12.8 Å². The maximum Gasteiger partial charge on any atom is 0.343 e. The number of Topliss-reactive ketones (excluding diaryl/α,β-unsaturated/α-hetero) is 1. The molecule has 1 atom stereocenters. The van der Waals surface area contributed by atoms with Gasteiger partial charge in [0.2, 0.25) is 0 Å². The minimum Gasteiger partial charge on any atom is -0.497 e. The molecule has 0 N–H and O–H groups in total. The molecule has 0 fully saturated rings. The molecule has 156 valence electrons. The van der Waals surface area contributed by atoms with Crippen molar-refractivity contribution in [2.75, 3.05) is 7.11 Å². The van der Waals surface area contributed by atoms with Gasteiger partial charge in [0.25, 0.3) is 0 Å². The highest BCUT2D eigenvalue weighted by Gasteiger charge is 2.15. The number of benzene rings is 2. The van der Waals surface area contributed by atoms with Crippen LogP contribution in [0, 0.1) is 5.92 Å². The molecule has 2 aromatic carbocycles. The molecule has 0 aliphatic heterocycles. The molecule has 0 aliphatic carbocycles. The number of unbranched alkanes of at least 4 members (excludes halogenated alkanes) is 3. The van der Waals surface area contributed by atoms with Crippen LogP contribution in [0.25, 0.3) is 0 Å². The van der Waals surface area contributed by atoms with E-state index in [4.69, 9.17) is 9.47 Å². The Morgan fingerprint density at radius 3 is 2.03 bits per heavy atom. The van der Waals surface area contributed by atoms with E-state index in [1.54, 1.807) is 55.6 Å². The maximum absolute atomic E-state index is 12.6. The van der Waals surface area contributed by atoms with Crippen LogP contribution in [0.3, 0.4) is 0 Å². The van der Waals surface area contributed by atoms with Gasteiger partial charge in [-0.25, -0.2) is 4.79 Å². The largest absolute Gasteiger partial charge is 0.497 e. The third kappa shape index (κ3) is 7.37. The van der Waals surface area contributed by atoms with Crippen molar-refractivity contribution in [3.05, 3.63) is 59.7 Å². The summed E-state index contributed by atoms with van der Waals surface area (Å²) in [4.78, 5) is 24.8. The first kappa shape index (κ1) is 22.7. The Bertz CT molecular complexity index is 762.